The zero-order chi connectivity index (χ0) is 27.1. The minimum absolute atomic E-state index is 0.0283. The van der Waals surface area contributed by atoms with E-state index < -0.39 is 0 Å². The second-order valence-corrected chi connectivity index (χ2v) is 11.6. The van der Waals surface area contributed by atoms with Crippen LogP contribution in [-0.4, -0.2) is 44.8 Å². The Morgan fingerprint density at radius 3 is 2.24 bits per heavy atom. The van der Waals surface area contributed by atoms with E-state index >= 15 is 0 Å². The quantitative estimate of drug-likeness (QED) is 0.258. The molecule has 0 saturated heterocycles. The van der Waals surface area contributed by atoms with Gasteiger partial charge in [-0.3, -0.25) is 9.59 Å². The summed E-state index contributed by atoms with van der Waals surface area (Å²) >= 11 is 3.51. The van der Waals surface area contributed by atoms with Crippen molar-refractivity contribution < 1.29 is 9.59 Å². The third kappa shape index (κ3) is 7.16. The fourth-order valence-electron chi connectivity index (χ4n) is 5.30. The summed E-state index contributed by atoms with van der Waals surface area (Å²) in [6.45, 7) is 7.48. The van der Waals surface area contributed by atoms with E-state index in [1.54, 1.807) is 4.90 Å². The van der Waals surface area contributed by atoms with E-state index in [-0.39, 0.29) is 30.4 Å². The molecule has 0 unspecified atom stereocenters. The third-order valence-corrected chi connectivity index (χ3v) is 8.19. The summed E-state index contributed by atoms with van der Waals surface area (Å²) in [6, 6.07) is 20.4. The first-order valence-corrected chi connectivity index (χ1v) is 14.7. The topological polar surface area (TPSA) is 45.6 Å². The SMILES string of the molecule is CCc1ccc(C(=O)N(CC(=O)N(Cc2cccn2Cc2ccc(Br)cc2)C2CCCCC2)C(C)C)cc1. The molecule has 202 valence electrons. The largest absolute Gasteiger partial charge is 0.345 e. The molecular weight excluding hydrogens is 538 g/mol. The summed E-state index contributed by atoms with van der Waals surface area (Å²) in [5.74, 6) is -0.0567. The maximum absolute atomic E-state index is 13.9. The number of hydrogen-bond donors (Lipinski definition) is 0. The second kappa shape index (κ2) is 13.3. The molecule has 3 aromatic rings. The summed E-state index contributed by atoms with van der Waals surface area (Å²) in [7, 11) is 0. The molecule has 4 rings (SSSR count). The molecule has 0 atom stereocenters. The number of carbonyl (C=O) groups is 2. The van der Waals surface area contributed by atoms with Crippen LogP contribution in [0.4, 0.5) is 0 Å². The predicted molar refractivity (Wildman–Crippen MR) is 157 cm³/mol. The second-order valence-electron chi connectivity index (χ2n) is 10.6. The molecule has 5 nitrogen and oxygen atoms in total. The van der Waals surface area contributed by atoms with E-state index in [9.17, 15) is 9.59 Å². The van der Waals surface area contributed by atoms with Gasteiger partial charge in [0, 0.05) is 40.6 Å². The number of halogens is 1. The molecular formula is C32H40BrN3O2. The molecule has 0 aliphatic heterocycles. The van der Waals surface area contributed by atoms with Crippen LogP contribution in [0.25, 0.3) is 0 Å². The highest BCUT2D eigenvalue weighted by molar-refractivity contribution is 9.10. The molecule has 0 N–H and O–H groups in total. The van der Waals surface area contributed by atoms with E-state index in [1.165, 1.54) is 17.5 Å². The third-order valence-electron chi connectivity index (χ3n) is 7.66. The molecule has 1 saturated carbocycles. The van der Waals surface area contributed by atoms with Crippen LogP contribution < -0.4 is 0 Å². The maximum Gasteiger partial charge on any atom is 0.254 e. The Hall–Kier alpha value is -2.86. The molecule has 2 amide bonds. The van der Waals surface area contributed by atoms with Gasteiger partial charge in [-0.25, -0.2) is 0 Å². The lowest BCUT2D eigenvalue weighted by atomic mass is 9.94. The van der Waals surface area contributed by atoms with E-state index in [1.807, 2.05) is 38.1 Å². The first-order chi connectivity index (χ1) is 18.4. The Bertz CT molecular complexity index is 1190. The fraction of sp³-hybridized carbons (Fsp3) is 0.438. The first-order valence-electron chi connectivity index (χ1n) is 13.9. The Morgan fingerprint density at radius 1 is 0.947 bits per heavy atom. The van der Waals surface area contributed by atoms with E-state index in [4.69, 9.17) is 0 Å². The van der Waals surface area contributed by atoms with Crippen molar-refractivity contribution in [1.29, 1.82) is 0 Å². The standard InChI is InChI=1S/C32H40BrN3O2/c1-4-25-12-16-27(17-13-25)32(38)35(24(2)3)23-31(37)36(29-9-6-5-7-10-29)22-30-11-8-20-34(30)21-26-14-18-28(33)19-15-26/h8,11-20,24,29H,4-7,9-10,21-23H2,1-3H3. The summed E-state index contributed by atoms with van der Waals surface area (Å²) in [4.78, 5) is 31.2. The normalized spacial score (nSPS) is 14.0. The number of aromatic nitrogens is 1. The van der Waals surface area contributed by atoms with Gasteiger partial charge < -0.3 is 14.4 Å². The lowest BCUT2D eigenvalue weighted by Crippen LogP contribution is -2.49. The molecule has 0 bridgehead atoms. The zero-order valence-corrected chi connectivity index (χ0v) is 24.5. The molecule has 1 aromatic heterocycles. The molecule has 38 heavy (non-hydrogen) atoms. The Kier molecular flexibility index (Phi) is 9.84. The minimum Gasteiger partial charge on any atom is -0.345 e. The summed E-state index contributed by atoms with van der Waals surface area (Å²) in [5.41, 5.74) is 4.16. The molecule has 2 aromatic carbocycles. The Balaban J connectivity index is 1.54. The molecule has 1 aliphatic rings. The average molecular weight is 579 g/mol. The van der Waals surface area contributed by atoms with Gasteiger partial charge in [-0.15, -0.1) is 0 Å². The van der Waals surface area contributed by atoms with Crippen LogP contribution >= 0.6 is 15.9 Å². The zero-order valence-electron chi connectivity index (χ0n) is 22.9. The smallest absolute Gasteiger partial charge is 0.254 e. The van der Waals surface area contributed by atoms with Gasteiger partial charge in [0.2, 0.25) is 5.91 Å². The van der Waals surface area contributed by atoms with E-state index in [0.717, 1.165) is 48.8 Å². The summed E-state index contributed by atoms with van der Waals surface area (Å²) < 4.78 is 3.29. The molecule has 0 spiro atoms. The lowest BCUT2D eigenvalue weighted by Gasteiger charge is -2.37. The van der Waals surface area contributed by atoms with Crippen LogP contribution in [-0.2, 0) is 24.3 Å². The van der Waals surface area contributed by atoms with Gasteiger partial charge in [0.1, 0.15) is 6.54 Å². The number of aryl methyl sites for hydroxylation is 1. The van der Waals surface area contributed by atoms with Gasteiger partial charge in [0.25, 0.3) is 5.91 Å². The number of benzene rings is 2. The Labute approximate surface area is 236 Å². The van der Waals surface area contributed by atoms with Crippen molar-refractivity contribution in [3.05, 3.63) is 93.7 Å². The maximum atomic E-state index is 13.9. The number of rotatable bonds is 10. The summed E-state index contributed by atoms with van der Waals surface area (Å²) in [6.07, 6.45) is 8.57. The van der Waals surface area contributed by atoms with Crippen LogP contribution in [0, 0.1) is 0 Å². The highest BCUT2D eigenvalue weighted by Crippen LogP contribution is 2.25. The molecule has 0 radical (unpaired) electrons. The van der Waals surface area contributed by atoms with Crippen molar-refractivity contribution in [2.75, 3.05) is 6.54 Å². The van der Waals surface area contributed by atoms with Crippen molar-refractivity contribution in [2.45, 2.75) is 84.5 Å². The van der Waals surface area contributed by atoms with Gasteiger partial charge in [-0.2, -0.15) is 0 Å². The number of amides is 2. The van der Waals surface area contributed by atoms with Crippen molar-refractivity contribution in [2.24, 2.45) is 0 Å². The number of hydrogen-bond acceptors (Lipinski definition) is 2. The first kappa shape index (κ1) is 28.2. The highest BCUT2D eigenvalue weighted by atomic mass is 79.9. The lowest BCUT2D eigenvalue weighted by molar-refractivity contribution is -0.136. The van der Waals surface area contributed by atoms with Crippen LogP contribution in [0.5, 0.6) is 0 Å². The van der Waals surface area contributed by atoms with Crippen molar-refractivity contribution >= 4 is 27.7 Å². The average Bonchev–Trinajstić information content (AvgIpc) is 3.37. The molecule has 1 fully saturated rings. The molecule has 6 heteroatoms. The molecule has 1 heterocycles. The van der Waals surface area contributed by atoms with Crippen molar-refractivity contribution in [1.82, 2.24) is 14.4 Å². The van der Waals surface area contributed by atoms with E-state index in [2.05, 4.69) is 74.9 Å². The van der Waals surface area contributed by atoms with Crippen LogP contribution in [0.3, 0.4) is 0 Å². The summed E-state index contributed by atoms with van der Waals surface area (Å²) in [5, 5.41) is 0. The van der Waals surface area contributed by atoms with Crippen molar-refractivity contribution in [3.8, 4) is 0 Å². The van der Waals surface area contributed by atoms with Gasteiger partial charge in [0.15, 0.2) is 0 Å². The predicted octanol–water partition coefficient (Wildman–Crippen LogP) is 7.07. The Morgan fingerprint density at radius 2 is 1.61 bits per heavy atom. The fourth-order valence-corrected chi connectivity index (χ4v) is 5.56. The van der Waals surface area contributed by atoms with Gasteiger partial charge >= 0.3 is 0 Å². The van der Waals surface area contributed by atoms with E-state index in [0.29, 0.717) is 12.1 Å². The minimum atomic E-state index is -0.0850. The van der Waals surface area contributed by atoms with Gasteiger partial charge in [0.05, 0.1) is 6.54 Å². The number of carbonyl (C=O) groups excluding carboxylic acids is 2. The monoisotopic (exact) mass is 577 g/mol. The molecule has 1 aliphatic carbocycles. The van der Waals surface area contributed by atoms with Crippen LogP contribution in [0.1, 0.15) is 80.1 Å². The number of nitrogens with zero attached hydrogens (tertiary/aromatic N) is 3. The highest BCUT2D eigenvalue weighted by Gasteiger charge is 2.30. The van der Waals surface area contributed by atoms with Crippen molar-refractivity contribution in [3.63, 3.8) is 0 Å². The van der Waals surface area contributed by atoms with Gasteiger partial charge in [-0.1, -0.05) is 66.4 Å². The van der Waals surface area contributed by atoms with Crippen LogP contribution in [0.2, 0.25) is 0 Å². The van der Waals surface area contributed by atoms with Crippen LogP contribution in [0.15, 0.2) is 71.3 Å². The van der Waals surface area contributed by atoms with Gasteiger partial charge in [-0.05, 0) is 80.6 Å².